The van der Waals surface area contributed by atoms with Crippen molar-refractivity contribution in [2.24, 2.45) is 0 Å². The average Bonchev–Trinajstić information content (AvgIpc) is 3.37. The third kappa shape index (κ3) is 3.98. The maximum absolute atomic E-state index is 12.1. The van der Waals surface area contributed by atoms with Gasteiger partial charge in [-0.15, -0.1) is 10.2 Å². The monoisotopic (exact) mass is 362 g/mol. The summed E-state index contributed by atoms with van der Waals surface area (Å²) in [5.74, 6) is 1.11. The van der Waals surface area contributed by atoms with Gasteiger partial charge in [-0.25, -0.2) is 9.97 Å². The molecule has 27 heavy (non-hydrogen) atoms. The molecule has 0 fully saturated rings. The Morgan fingerprint density at radius 2 is 2.04 bits per heavy atom. The van der Waals surface area contributed by atoms with E-state index in [0.717, 1.165) is 5.56 Å². The van der Waals surface area contributed by atoms with Crippen molar-refractivity contribution in [3.63, 3.8) is 0 Å². The molecule has 0 aliphatic heterocycles. The van der Waals surface area contributed by atoms with Gasteiger partial charge in [-0.05, 0) is 5.21 Å². The van der Waals surface area contributed by atoms with Gasteiger partial charge in [-0.3, -0.25) is 14.9 Å². The van der Waals surface area contributed by atoms with Crippen LogP contribution in [-0.2, 0) is 17.9 Å². The summed E-state index contributed by atoms with van der Waals surface area (Å²) in [4.78, 5) is 25.7. The number of aromatic amines is 1. The summed E-state index contributed by atoms with van der Waals surface area (Å²) in [7, 11) is 0. The van der Waals surface area contributed by atoms with Crippen molar-refractivity contribution in [2.45, 2.75) is 13.1 Å². The molecule has 0 aliphatic carbocycles. The van der Waals surface area contributed by atoms with Crippen LogP contribution in [0.15, 0.2) is 48.9 Å². The summed E-state index contributed by atoms with van der Waals surface area (Å²) >= 11 is 0. The minimum atomic E-state index is -0.274. The normalized spacial score (nSPS) is 10.7. The lowest BCUT2D eigenvalue weighted by atomic mass is 10.2. The average molecular weight is 362 g/mol. The summed E-state index contributed by atoms with van der Waals surface area (Å²) in [6.45, 7) is 0.136. The Balaban J connectivity index is 1.33. The molecular weight excluding hydrogens is 348 g/mol. The van der Waals surface area contributed by atoms with Crippen LogP contribution in [0.1, 0.15) is 5.82 Å². The number of tetrazole rings is 1. The smallest absolute Gasteiger partial charge is 0.244 e. The zero-order valence-electron chi connectivity index (χ0n) is 14.0. The van der Waals surface area contributed by atoms with Crippen LogP contribution in [0.5, 0.6) is 0 Å². The molecule has 0 saturated carbocycles. The molecule has 1 amide bonds. The molecule has 3 aromatic heterocycles. The highest BCUT2D eigenvalue weighted by Gasteiger charge is 2.11. The van der Waals surface area contributed by atoms with Crippen molar-refractivity contribution in [3.8, 4) is 22.9 Å². The minimum absolute atomic E-state index is 0.0506. The first-order valence-corrected chi connectivity index (χ1v) is 8.05. The molecule has 11 nitrogen and oxygen atoms in total. The lowest BCUT2D eigenvalue weighted by Crippen LogP contribution is -2.28. The Kier molecular flexibility index (Phi) is 4.55. The molecule has 0 bridgehead atoms. The number of hydrogen-bond donors (Lipinski definition) is 2. The van der Waals surface area contributed by atoms with E-state index in [0.29, 0.717) is 23.2 Å². The fourth-order valence-corrected chi connectivity index (χ4v) is 2.28. The van der Waals surface area contributed by atoms with E-state index in [2.05, 4.69) is 45.9 Å². The van der Waals surface area contributed by atoms with E-state index in [-0.39, 0.29) is 19.0 Å². The molecular formula is C16H14N10O. The molecule has 0 atom stereocenters. The molecule has 4 aromatic rings. The number of benzene rings is 1. The third-order valence-electron chi connectivity index (χ3n) is 3.55. The maximum Gasteiger partial charge on any atom is 0.244 e. The summed E-state index contributed by atoms with van der Waals surface area (Å²) < 4.78 is 0. The number of H-pyrrole nitrogens is 1. The highest BCUT2D eigenvalue weighted by molar-refractivity contribution is 5.75. The number of amides is 1. The van der Waals surface area contributed by atoms with Crippen molar-refractivity contribution < 1.29 is 4.79 Å². The van der Waals surface area contributed by atoms with E-state index in [9.17, 15) is 4.79 Å². The van der Waals surface area contributed by atoms with Gasteiger partial charge in [-0.2, -0.15) is 9.90 Å². The highest BCUT2D eigenvalue weighted by atomic mass is 16.2. The highest BCUT2D eigenvalue weighted by Crippen LogP contribution is 2.11. The van der Waals surface area contributed by atoms with Crippen molar-refractivity contribution >= 4 is 5.91 Å². The zero-order chi connectivity index (χ0) is 18.5. The van der Waals surface area contributed by atoms with Crippen LogP contribution in [0, 0.1) is 0 Å². The second-order valence-corrected chi connectivity index (χ2v) is 5.48. The number of hydrogen-bond acceptors (Lipinski definition) is 8. The summed E-state index contributed by atoms with van der Waals surface area (Å²) in [5, 5.41) is 21.6. The van der Waals surface area contributed by atoms with Crippen LogP contribution < -0.4 is 5.32 Å². The predicted octanol–water partition coefficient (Wildman–Crippen LogP) is 0.232. The Hall–Kier alpha value is -4.02. The lowest BCUT2D eigenvalue weighted by molar-refractivity contribution is -0.122. The molecule has 11 heteroatoms. The molecule has 0 aliphatic rings. The van der Waals surface area contributed by atoms with E-state index >= 15 is 0 Å². The summed E-state index contributed by atoms with van der Waals surface area (Å²) in [6.07, 6.45) is 4.69. The predicted molar refractivity (Wildman–Crippen MR) is 92.5 cm³/mol. The van der Waals surface area contributed by atoms with Crippen molar-refractivity contribution in [2.75, 3.05) is 0 Å². The fraction of sp³-hybridized carbons (Fsp3) is 0.125. The van der Waals surface area contributed by atoms with Gasteiger partial charge in [-0.1, -0.05) is 30.3 Å². The summed E-state index contributed by atoms with van der Waals surface area (Å²) in [6, 6.07) is 9.42. The molecule has 2 N–H and O–H groups in total. The van der Waals surface area contributed by atoms with E-state index in [4.69, 9.17) is 0 Å². The SMILES string of the molecule is O=C(Cn1nnc(-c2ccccc2)n1)NCc1nc(-c2cnccn2)n[nH]1. The van der Waals surface area contributed by atoms with Crippen LogP contribution in [0.2, 0.25) is 0 Å². The lowest BCUT2D eigenvalue weighted by Gasteiger charge is -2.01. The molecule has 1 aromatic carbocycles. The van der Waals surface area contributed by atoms with Crippen LogP contribution in [0.3, 0.4) is 0 Å². The van der Waals surface area contributed by atoms with Crippen LogP contribution in [0.25, 0.3) is 22.9 Å². The van der Waals surface area contributed by atoms with E-state index in [1.807, 2.05) is 30.3 Å². The van der Waals surface area contributed by atoms with Gasteiger partial charge in [0.15, 0.2) is 0 Å². The number of nitrogens with zero attached hydrogens (tertiary/aromatic N) is 8. The first-order valence-electron chi connectivity index (χ1n) is 8.05. The van der Waals surface area contributed by atoms with Gasteiger partial charge in [0.2, 0.25) is 17.6 Å². The number of carbonyl (C=O) groups is 1. The Bertz CT molecular complexity index is 1030. The molecule has 0 saturated heterocycles. The number of aromatic nitrogens is 9. The largest absolute Gasteiger partial charge is 0.347 e. The zero-order valence-corrected chi connectivity index (χ0v) is 14.0. The maximum atomic E-state index is 12.1. The Morgan fingerprint density at radius 1 is 1.15 bits per heavy atom. The molecule has 4 rings (SSSR count). The van der Waals surface area contributed by atoms with Crippen molar-refractivity contribution in [1.29, 1.82) is 0 Å². The first kappa shape index (κ1) is 16.4. The second kappa shape index (κ2) is 7.47. The van der Waals surface area contributed by atoms with Gasteiger partial charge in [0, 0.05) is 18.0 Å². The van der Waals surface area contributed by atoms with Gasteiger partial charge in [0.25, 0.3) is 0 Å². The second-order valence-electron chi connectivity index (χ2n) is 5.48. The quantitative estimate of drug-likeness (QED) is 0.497. The molecule has 0 spiro atoms. The summed E-state index contributed by atoms with van der Waals surface area (Å²) in [5.41, 5.74) is 1.38. The first-order chi connectivity index (χ1) is 13.3. The molecule has 0 radical (unpaired) electrons. The number of carbonyl (C=O) groups excluding carboxylic acids is 1. The van der Waals surface area contributed by atoms with Gasteiger partial charge in [0.1, 0.15) is 18.1 Å². The van der Waals surface area contributed by atoms with Crippen molar-refractivity contribution in [3.05, 3.63) is 54.7 Å². The minimum Gasteiger partial charge on any atom is -0.347 e. The van der Waals surface area contributed by atoms with Crippen LogP contribution in [-0.4, -0.2) is 51.3 Å². The van der Waals surface area contributed by atoms with Gasteiger partial charge >= 0.3 is 0 Å². The van der Waals surface area contributed by atoms with Gasteiger partial charge < -0.3 is 5.32 Å². The Labute approximate surface area is 152 Å². The topological polar surface area (TPSA) is 140 Å². The fourth-order valence-electron chi connectivity index (χ4n) is 2.28. The van der Waals surface area contributed by atoms with Crippen LogP contribution >= 0.6 is 0 Å². The van der Waals surface area contributed by atoms with Crippen molar-refractivity contribution in [1.82, 2.24) is 50.7 Å². The Morgan fingerprint density at radius 3 is 2.85 bits per heavy atom. The van der Waals surface area contributed by atoms with Gasteiger partial charge in [0.05, 0.1) is 12.7 Å². The van der Waals surface area contributed by atoms with E-state index in [1.165, 1.54) is 4.80 Å². The molecule has 3 heterocycles. The molecule has 0 unspecified atom stereocenters. The molecule has 134 valence electrons. The van der Waals surface area contributed by atoms with E-state index in [1.54, 1.807) is 18.6 Å². The number of nitrogens with one attached hydrogen (secondary N) is 2. The standard InChI is InChI=1S/C16H14N10O/c27-14(10-26-24-15(23-25-26)11-4-2-1-3-5-11)19-9-13-20-16(22-21-13)12-8-17-6-7-18-12/h1-8H,9-10H2,(H,19,27)(H,20,21,22). The van der Waals surface area contributed by atoms with E-state index < -0.39 is 0 Å². The number of rotatable bonds is 6. The van der Waals surface area contributed by atoms with Crippen LogP contribution in [0.4, 0.5) is 0 Å². The third-order valence-corrected chi connectivity index (χ3v) is 3.55.